The maximum atomic E-state index is 10.8. The van der Waals surface area contributed by atoms with Crippen LogP contribution in [0.15, 0.2) is 0 Å². The molecule has 5 nitrogen and oxygen atoms in total. The van der Waals surface area contributed by atoms with E-state index in [4.69, 9.17) is 0 Å². The van der Waals surface area contributed by atoms with Crippen molar-refractivity contribution in [3.63, 3.8) is 0 Å². The Labute approximate surface area is 72.2 Å². The number of hydrogen-bond acceptors (Lipinski definition) is 4. The van der Waals surface area contributed by atoms with Crippen molar-refractivity contribution in [1.29, 1.82) is 0 Å². The van der Waals surface area contributed by atoms with E-state index in [0.29, 0.717) is 0 Å². The lowest BCUT2D eigenvalue weighted by Gasteiger charge is -2.08. The predicted molar refractivity (Wildman–Crippen MR) is 43.9 cm³/mol. The van der Waals surface area contributed by atoms with Crippen molar-refractivity contribution < 1.29 is 21.9 Å². The summed E-state index contributed by atoms with van der Waals surface area (Å²) >= 11 is 0. The van der Waals surface area contributed by atoms with E-state index in [1.807, 2.05) is 0 Å². The minimum absolute atomic E-state index is 0.588. The van der Waals surface area contributed by atoms with E-state index >= 15 is 0 Å². The molecule has 1 unspecified atom stereocenters. The number of sulfone groups is 2. The first-order chi connectivity index (χ1) is 5.17. The van der Waals surface area contributed by atoms with Gasteiger partial charge in [0.05, 0.1) is 12.4 Å². The molecule has 0 aromatic carbocycles. The molecule has 0 aromatic rings. The average Bonchev–Trinajstić information content (AvgIpc) is 1.78. The highest BCUT2D eigenvalue weighted by Gasteiger charge is 2.24. The molecule has 1 radical (unpaired) electrons. The molecular formula is C5H11O5S2. The number of hydrogen-bond donors (Lipinski definition) is 0. The van der Waals surface area contributed by atoms with Crippen LogP contribution in [0.2, 0.25) is 0 Å². The summed E-state index contributed by atoms with van der Waals surface area (Å²) in [5, 5.41) is 9.00. The highest BCUT2D eigenvalue weighted by atomic mass is 32.2. The lowest BCUT2D eigenvalue weighted by Crippen LogP contribution is -2.31. The molecule has 0 aliphatic heterocycles. The topological polar surface area (TPSA) is 88.2 Å². The molecule has 0 aliphatic rings. The molecule has 0 aromatic heterocycles. The fourth-order valence-electron chi connectivity index (χ4n) is 0.633. The lowest BCUT2D eigenvalue weighted by atomic mass is 10.5. The van der Waals surface area contributed by atoms with E-state index in [0.717, 1.165) is 12.5 Å². The summed E-state index contributed by atoms with van der Waals surface area (Å²) < 4.78 is 42.8. The zero-order valence-electron chi connectivity index (χ0n) is 6.85. The van der Waals surface area contributed by atoms with Crippen LogP contribution in [0, 0.1) is 0 Å². The molecule has 12 heavy (non-hydrogen) atoms. The van der Waals surface area contributed by atoms with Gasteiger partial charge in [0, 0.05) is 12.5 Å². The predicted octanol–water partition coefficient (Wildman–Crippen LogP) is -1.13. The maximum Gasteiger partial charge on any atom is 0.153 e. The molecule has 73 valence electrons. The molecule has 0 N–H and O–H groups in total. The summed E-state index contributed by atoms with van der Waals surface area (Å²) in [6.07, 6.45) is 1.77. The lowest BCUT2D eigenvalue weighted by molar-refractivity contribution is 0.196. The van der Waals surface area contributed by atoms with Gasteiger partial charge in [-0.25, -0.2) is 21.9 Å². The molecule has 0 aliphatic carbocycles. The fraction of sp³-hybridized carbons (Fsp3) is 1.00. The minimum Gasteiger partial charge on any atom is -0.235 e. The molecule has 1 atom stereocenters. The molecule has 0 amide bonds. The van der Waals surface area contributed by atoms with Gasteiger partial charge in [0.25, 0.3) is 0 Å². The summed E-state index contributed by atoms with van der Waals surface area (Å²) in [5.74, 6) is -0.588. The standard InChI is InChI=1S/C5H11O5S2/c1-11(7,8)4-5(3-6)12(2,9)10/h5H,3-4H2,1-2H3. The van der Waals surface area contributed by atoms with E-state index < -0.39 is 37.3 Å². The van der Waals surface area contributed by atoms with E-state index in [9.17, 15) is 21.9 Å². The van der Waals surface area contributed by atoms with Gasteiger partial charge in [-0.3, -0.25) is 0 Å². The monoisotopic (exact) mass is 215 g/mol. The normalized spacial score (nSPS) is 15.9. The molecule has 0 heterocycles. The summed E-state index contributed by atoms with van der Waals surface area (Å²) in [4.78, 5) is 0. The molecule has 0 spiro atoms. The Morgan fingerprint density at radius 3 is 1.58 bits per heavy atom. The molecule has 0 saturated heterocycles. The summed E-state index contributed by atoms with van der Waals surface area (Å²) in [7, 11) is -6.94. The summed E-state index contributed by atoms with van der Waals surface area (Å²) in [6.45, 7) is -0.911. The summed E-state index contributed by atoms with van der Waals surface area (Å²) in [6, 6.07) is 0. The van der Waals surface area contributed by atoms with Crippen LogP contribution in [0.5, 0.6) is 0 Å². The van der Waals surface area contributed by atoms with Crippen molar-refractivity contribution in [2.45, 2.75) is 5.25 Å². The van der Waals surface area contributed by atoms with Crippen LogP contribution in [0.3, 0.4) is 0 Å². The Hall–Kier alpha value is -0.140. The second-order valence-electron chi connectivity index (χ2n) is 2.71. The van der Waals surface area contributed by atoms with Gasteiger partial charge in [0.15, 0.2) is 9.84 Å². The fourth-order valence-corrected chi connectivity index (χ4v) is 3.38. The van der Waals surface area contributed by atoms with E-state index in [1.54, 1.807) is 0 Å². The van der Waals surface area contributed by atoms with Crippen LogP contribution >= 0.6 is 0 Å². The molecule has 0 fully saturated rings. The van der Waals surface area contributed by atoms with Crippen molar-refractivity contribution in [3.8, 4) is 0 Å². The third kappa shape index (κ3) is 4.68. The Morgan fingerprint density at radius 2 is 1.50 bits per heavy atom. The highest BCUT2D eigenvalue weighted by molar-refractivity contribution is 7.94. The van der Waals surface area contributed by atoms with Gasteiger partial charge in [-0.1, -0.05) is 0 Å². The average molecular weight is 215 g/mol. The second-order valence-corrected chi connectivity index (χ2v) is 7.22. The largest absolute Gasteiger partial charge is 0.235 e. The highest BCUT2D eigenvalue weighted by Crippen LogP contribution is 2.01. The van der Waals surface area contributed by atoms with E-state index in [-0.39, 0.29) is 0 Å². The van der Waals surface area contributed by atoms with Crippen LogP contribution in [0.4, 0.5) is 0 Å². The van der Waals surface area contributed by atoms with Gasteiger partial charge in [0.2, 0.25) is 0 Å². The molecule has 7 heteroatoms. The van der Waals surface area contributed by atoms with Gasteiger partial charge in [0.1, 0.15) is 15.1 Å². The Kier molecular flexibility index (Phi) is 3.67. The second kappa shape index (κ2) is 3.71. The first kappa shape index (κ1) is 11.9. The smallest absolute Gasteiger partial charge is 0.153 e. The van der Waals surface area contributed by atoms with Crippen molar-refractivity contribution in [2.24, 2.45) is 0 Å². The Morgan fingerprint density at radius 1 is 1.08 bits per heavy atom. The first-order valence-electron chi connectivity index (χ1n) is 3.11. The van der Waals surface area contributed by atoms with Crippen molar-refractivity contribution in [3.05, 3.63) is 0 Å². The number of rotatable bonds is 4. The van der Waals surface area contributed by atoms with Gasteiger partial charge >= 0.3 is 0 Å². The third-order valence-corrected chi connectivity index (χ3v) is 4.01. The van der Waals surface area contributed by atoms with Crippen LogP contribution in [0.25, 0.3) is 0 Å². The quantitative estimate of drug-likeness (QED) is 0.594. The maximum absolute atomic E-state index is 10.8. The van der Waals surface area contributed by atoms with Crippen LogP contribution in [0.1, 0.15) is 0 Å². The van der Waals surface area contributed by atoms with Gasteiger partial charge < -0.3 is 0 Å². The third-order valence-electron chi connectivity index (χ3n) is 1.28. The summed E-state index contributed by atoms with van der Waals surface area (Å²) in [5.41, 5.74) is 0. The molecule has 0 rings (SSSR count). The Balaban J connectivity index is 4.64. The molecule has 0 saturated carbocycles. The zero-order valence-corrected chi connectivity index (χ0v) is 8.48. The Bertz CT molecular complexity index is 325. The van der Waals surface area contributed by atoms with Crippen molar-refractivity contribution in [1.82, 2.24) is 0 Å². The SMILES string of the molecule is CS(=O)(=O)CC(C[O])S(C)(=O)=O. The van der Waals surface area contributed by atoms with Gasteiger partial charge in [-0.15, -0.1) is 0 Å². The van der Waals surface area contributed by atoms with Crippen LogP contribution < -0.4 is 0 Å². The van der Waals surface area contributed by atoms with Crippen molar-refractivity contribution >= 4 is 19.7 Å². The van der Waals surface area contributed by atoms with Gasteiger partial charge in [-0.2, -0.15) is 0 Å². The van der Waals surface area contributed by atoms with Gasteiger partial charge in [-0.05, 0) is 0 Å². The first-order valence-corrected chi connectivity index (χ1v) is 7.13. The van der Waals surface area contributed by atoms with E-state index in [1.165, 1.54) is 0 Å². The van der Waals surface area contributed by atoms with Crippen molar-refractivity contribution in [2.75, 3.05) is 24.9 Å². The molecule has 0 bridgehead atoms. The van der Waals surface area contributed by atoms with Crippen LogP contribution in [-0.4, -0.2) is 47.0 Å². The van der Waals surface area contributed by atoms with Crippen LogP contribution in [-0.2, 0) is 24.8 Å². The zero-order chi connectivity index (χ0) is 9.99. The molecular weight excluding hydrogens is 204 g/mol. The minimum atomic E-state index is -3.54. The van der Waals surface area contributed by atoms with E-state index in [2.05, 4.69) is 0 Å².